The van der Waals surface area contributed by atoms with Gasteiger partial charge in [-0.05, 0) is 70.6 Å². The van der Waals surface area contributed by atoms with Gasteiger partial charge in [0.05, 0.1) is 39.9 Å². The first-order chi connectivity index (χ1) is 33.0. The number of aliphatic hydroxyl groups excluding tert-OH is 1. The molecule has 0 radical (unpaired) electrons. The van der Waals surface area contributed by atoms with E-state index in [1.54, 1.807) is 6.08 Å². The highest BCUT2D eigenvalue weighted by Gasteiger charge is 2.27. The number of nitrogens with zero attached hydrogens (tertiary/aromatic N) is 1. The normalized spacial score (nSPS) is 14.3. The van der Waals surface area contributed by atoms with Gasteiger partial charge in [0.25, 0.3) is 0 Å². The summed E-state index contributed by atoms with van der Waals surface area (Å²) in [5, 5.41) is 13.9. The zero-order valence-corrected chi connectivity index (χ0v) is 46.5. The maximum Gasteiger partial charge on any atom is 0.472 e. The van der Waals surface area contributed by atoms with Crippen molar-refractivity contribution in [1.29, 1.82) is 0 Å². The summed E-state index contributed by atoms with van der Waals surface area (Å²) in [6, 6.07) is -0.875. The number of amides is 1. The van der Waals surface area contributed by atoms with Gasteiger partial charge >= 0.3 is 7.82 Å². The van der Waals surface area contributed by atoms with E-state index in [1.165, 1.54) is 193 Å². The quantitative estimate of drug-likeness (QED) is 0.0243. The molecule has 0 saturated carbocycles. The lowest BCUT2D eigenvalue weighted by Crippen LogP contribution is -2.45. The highest BCUT2D eigenvalue weighted by molar-refractivity contribution is 7.47. The van der Waals surface area contributed by atoms with E-state index in [0.29, 0.717) is 17.4 Å². The lowest BCUT2D eigenvalue weighted by molar-refractivity contribution is -0.870. The molecule has 3 N–H and O–H groups in total. The number of phosphoric acid groups is 1. The predicted molar refractivity (Wildman–Crippen MR) is 295 cm³/mol. The van der Waals surface area contributed by atoms with E-state index >= 15 is 0 Å². The van der Waals surface area contributed by atoms with Crippen molar-refractivity contribution in [2.45, 2.75) is 283 Å². The van der Waals surface area contributed by atoms with E-state index in [4.69, 9.17) is 9.05 Å². The van der Waals surface area contributed by atoms with Gasteiger partial charge in [-0.2, -0.15) is 0 Å². The average Bonchev–Trinajstić information content (AvgIpc) is 3.30. The Hall–Kier alpha value is -1.54. The van der Waals surface area contributed by atoms with Gasteiger partial charge in [-0.1, -0.05) is 242 Å². The van der Waals surface area contributed by atoms with Crippen molar-refractivity contribution < 1.29 is 32.9 Å². The summed E-state index contributed by atoms with van der Waals surface area (Å²) < 4.78 is 23.6. The molecule has 0 aromatic heterocycles. The number of quaternary nitrogens is 1. The van der Waals surface area contributed by atoms with Gasteiger partial charge < -0.3 is 19.8 Å². The van der Waals surface area contributed by atoms with E-state index in [0.717, 1.165) is 57.8 Å². The molecule has 0 bridgehead atoms. The van der Waals surface area contributed by atoms with Gasteiger partial charge in [0, 0.05) is 6.42 Å². The van der Waals surface area contributed by atoms with Gasteiger partial charge in [-0.25, -0.2) is 4.57 Å². The minimum atomic E-state index is -4.36. The fraction of sp³-hybridized carbons (Fsp3) is 0.847. The van der Waals surface area contributed by atoms with Crippen molar-refractivity contribution in [3.8, 4) is 0 Å². The first kappa shape index (κ1) is 66.5. The average molecular weight is 979 g/mol. The molecule has 0 aliphatic rings. The third-order valence-electron chi connectivity index (χ3n) is 13.0. The van der Waals surface area contributed by atoms with Crippen LogP contribution in [0.25, 0.3) is 0 Å². The lowest BCUT2D eigenvalue weighted by atomic mass is 10.0. The van der Waals surface area contributed by atoms with Crippen molar-refractivity contribution in [2.75, 3.05) is 40.9 Å². The standard InChI is InChI=1S/C59H113N2O6P/c1-6-8-10-12-14-16-18-20-22-23-24-25-26-27-28-29-30-31-32-33-34-35-36-37-39-40-42-44-46-48-50-52-58(62)57(56-67-68(64,65)66-55-54-61(3,4)5)60-59(63)53-51-49-47-45-43-41-38-21-19-17-15-13-11-9-7-2/h21,36-38,42,44,50,52,57-58,62H,6-20,22-35,39-41,43,45-49,51,53-56H2,1-5H3,(H-,60,63,64,65)/p+1/b37-36+,38-21-,44-42+,52-50+. The number of rotatable bonds is 53. The van der Waals surface area contributed by atoms with E-state index in [-0.39, 0.29) is 19.1 Å². The molecule has 400 valence electrons. The van der Waals surface area contributed by atoms with Crippen LogP contribution in [0.3, 0.4) is 0 Å². The molecule has 0 aromatic rings. The second kappa shape index (κ2) is 50.4. The summed E-state index contributed by atoms with van der Waals surface area (Å²) in [6.45, 7) is 4.79. The van der Waals surface area contributed by atoms with Crippen LogP contribution in [0.15, 0.2) is 48.6 Å². The molecule has 0 aromatic carbocycles. The third-order valence-corrected chi connectivity index (χ3v) is 14.0. The fourth-order valence-corrected chi connectivity index (χ4v) is 9.16. The SMILES string of the molecule is CCCCCCCC/C=C\CCCCCCCC(=O)NC(COP(=O)(O)OCC[N+](C)(C)C)C(O)/C=C/CC/C=C/CC/C=C/CCCCCCCCCCCCCCCCCCCCCCC. The Balaban J connectivity index is 4.20. The lowest BCUT2D eigenvalue weighted by Gasteiger charge is -2.25. The second-order valence-corrected chi connectivity index (χ2v) is 22.4. The Kier molecular flexibility index (Phi) is 49.3. The van der Waals surface area contributed by atoms with Crippen molar-refractivity contribution in [1.82, 2.24) is 5.32 Å². The molecule has 3 atom stereocenters. The van der Waals surface area contributed by atoms with Crippen LogP contribution < -0.4 is 5.32 Å². The molecular formula is C59H114N2O6P+. The number of likely N-dealkylation sites (N-methyl/N-ethyl adjacent to an activating group) is 1. The smallest absolute Gasteiger partial charge is 0.387 e. The number of phosphoric ester groups is 1. The molecule has 0 fully saturated rings. The molecule has 3 unspecified atom stereocenters. The van der Waals surface area contributed by atoms with E-state index in [1.807, 2.05) is 27.2 Å². The predicted octanol–water partition coefficient (Wildman–Crippen LogP) is 17.5. The highest BCUT2D eigenvalue weighted by atomic mass is 31.2. The van der Waals surface area contributed by atoms with Crippen molar-refractivity contribution in [3.63, 3.8) is 0 Å². The topological polar surface area (TPSA) is 105 Å². The zero-order valence-electron chi connectivity index (χ0n) is 45.6. The van der Waals surface area contributed by atoms with E-state index in [2.05, 4.69) is 55.6 Å². The van der Waals surface area contributed by atoms with Gasteiger partial charge in [0.15, 0.2) is 0 Å². The molecule has 0 rings (SSSR count). The van der Waals surface area contributed by atoms with Gasteiger partial charge in [0.2, 0.25) is 5.91 Å². The summed E-state index contributed by atoms with van der Waals surface area (Å²) in [6.07, 6.45) is 66.6. The Morgan fingerprint density at radius 2 is 0.809 bits per heavy atom. The maximum absolute atomic E-state index is 12.9. The summed E-state index contributed by atoms with van der Waals surface area (Å²) in [5.41, 5.74) is 0. The largest absolute Gasteiger partial charge is 0.472 e. The molecule has 1 amide bonds. The minimum absolute atomic E-state index is 0.0513. The molecule has 0 heterocycles. The summed E-state index contributed by atoms with van der Waals surface area (Å²) in [5.74, 6) is -0.199. The first-order valence-corrected chi connectivity index (χ1v) is 30.5. The number of hydrogen-bond acceptors (Lipinski definition) is 5. The number of carbonyl (C=O) groups is 1. The number of carbonyl (C=O) groups excluding carboxylic acids is 1. The van der Waals surface area contributed by atoms with Crippen LogP contribution in [0.2, 0.25) is 0 Å². The van der Waals surface area contributed by atoms with Crippen LogP contribution in [-0.4, -0.2) is 73.4 Å². The highest BCUT2D eigenvalue weighted by Crippen LogP contribution is 2.43. The Labute approximate surface area is 422 Å². The van der Waals surface area contributed by atoms with Crippen molar-refractivity contribution in [3.05, 3.63) is 48.6 Å². The molecule has 9 heteroatoms. The molecule has 0 aliphatic carbocycles. The Morgan fingerprint density at radius 3 is 1.18 bits per heavy atom. The summed E-state index contributed by atoms with van der Waals surface area (Å²) in [4.78, 5) is 23.2. The molecule has 68 heavy (non-hydrogen) atoms. The minimum Gasteiger partial charge on any atom is -0.387 e. The second-order valence-electron chi connectivity index (χ2n) is 21.0. The van der Waals surface area contributed by atoms with Gasteiger partial charge in [-0.3, -0.25) is 13.8 Å². The van der Waals surface area contributed by atoms with Gasteiger partial charge in [-0.15, -0.1) is 0 Å². The summed E-state index contributed by atoms with van der Waals surface area (Å²) in [7, 11) is 1.54. The number of allylic oxidation sites excluding steroid dienone is 7. The molecular weight excluding hydrogens is 864 g/mol. The Bertz CT molecular complexity index is 1250. The van der Waals surface area contributed by atoms with E-state index < -0.39 is 20.0 Å². The molecule has 0 aliphatic heterocycles. The fourth-order valence-electron chi connectivity index (χ4n) is 8.42. The number of unbranched alkanes of at least 4 members (excludes halogenated alkanes) is 34. The van der Waals surface area contributed by atoms with Crippen LogP contribution >= 0.6 is 7.82 Å². The zero-order chi connectivity index (χ0) is 49.9. The molecule has 8 nitrogen and oxygen atoms in total. The summed E-state index contributed by atoms with van der Waals surface area (Å²) >= 11 is 0. The van der Waals surface area contributed by atoms with E-state index in [9.17, 15) is 19.4 Å². The van der Waals surface area contributed by atoms with Crippen LogP contribution in [0, 0.1) is 0 Å². The van der Waals surface area contributed by atoms with Crippen LogP contribution in [-0.2, 0) is 18.4 Å². The van der Waals surface area contributed by atoms with Crippen LogP contribution in [0.5, 0.6) is 0 Å². The van der Waals surface area contributed by atoms with Gasteiger partial charge in [0.1, 0.15) is 13.2 Å². The molecule has 0 spiro atoms. The number of nitrogens with one attached hydrogen (secondary N) is 1. The van der Waals surface area contributed by atoms with Crippen molar-refractivity contribution >= 4 is 13.7 Å². The third kappa shape index (κ3) is 52.3. The van der Waals surface area contributed by atoms with Crippen molar-refractivity contribution in [2.24, 2.45) is 0 Å². The van der Waals surface area contributed by atoms with Crippen LogP contribution in [0.4, 0.5) is 0 Å². The molecule has 0 saturated heterocycles. The first-order valence-electron chi connectivity index (χ1n) is 29.0. The van der Waals surface area contributed by atoms with Crippen LogP contribution in [0.1, 0.15) is 271 Å². The number of aliphatic hydroxyl groups is 1. The maximum atomic E-state index is 12.9. The Morgan fingerprint density at radius 1 is 0.485 bits per heavy atom. The number of hydrogen-bond donors (Lipinski definition) is 3. The monoisotopic (exact) mass is 978 g/mol.